The molecule has 0 saturated heterocycles. The number of aryl methyl sites for hydroxylation is 4. The Morgan fingerprint density at radius 3 is 1.12 bits per heavy atom. The summed E-state index contributed by atoms with van der Waals surface area (Å²) in [5.41, 5.74) is 11.3. The van der Waals surface area contributed by atoms with Crippen molar-refractivity contribution in [2.45, 2.75) is 131 Å². The minimum Gasteiger partial charge on any atom is -0.507 e. The molecule has 2 N–H and O–H groups in total. The molecule has 0 fully saturated rings. The maximum absolute atomic E-state index is 11.6. The standard InChI is InChI=1S/C46H60N2O2/c1-29-25-35(43(3,4)5)41(49)33(39(29)45(9,10)11)27-47-37-21-17-15-19-31(37)23-24-32-20-16-18-22-38(32)48-28-34-40(46(12,13)14)30(2)26-36(42(34)50)44(6,7)8/h15-22,25-28,49-50H,23-24H2,1-14H3. The third kappa shape index (κ3) is 8.57. The minimum atomic E-state index is -0.205. The van der Waals surface area contributed by atoms with Crippen molar-refractivity contribution >= 4 is 23.8 Å². The summed E-state index contributed by atoms with van der Waals surface area (Å²) >= 11 is 0. The maximum Gasteiger partial charge on any atom is 0.128 e. The normalized spacial score (nSPS) is 13.2. The molecule has 0 amide bonds. The Kier molecular flexibility index (Phi) is 11.0. The predicted molar refractivity (Wildman–Crippen MR) is 215 cm³/mol. The second kappa shape index (κ2) is 14.2. The molecule has 0 aliphatic heterocycles. The first-order valence-corrected chi connectivity index (χ1v) is 18.0. The summed E-state index contributed by atoms with van der Waals surface area (Å²) in [5.74, 6) is 0.620. The molecule has 50 heavy (non-hydrogen) atoms. The summed E-state index contributed by atoms with van der Waals surface area (Å²) in [5, 5.41) is 23.2. The van der Waals surface area contributed by atoms with Gasteiger partial charge in [-0.1, -0.05) is 132 Å². The average Bonchev–Trinajstić information content (AvgIpc) is 2.98. The third-order valence-electron chi connectivity index (χ3n) is 9.50. The van der Waals surface area contributed by atoms with Crippen LogP contribution in [0.25, 0.3) is 0 Å². The molecule has 266 valence electrons. The van der Waals surface area contributed by atoms with Crippen molar-refractivity contribution in [3.8, 4) is 11.5 Å². The lowest BCUT2D eigenvalue weighted by Gasteiger charge is -2.29. The Morgan fingerprint density at radius 1 is 0.500 bits per heavy atom. The van der Waals surface area contributed by atoms with Gasteiger partial charge in [-0.25, -0.2) is 0 Å². The molecular formula is C46H60N2O2. The summed E-state index contributed by atoms with van der Waals surface area (Å²) in [6.07, 6.45) is 5.27. The van der Waals surface area contributed by atoms with Crippen molar-refractivity contribution in [1.29, 1.82) is 0 Å². The van der Waals surface area contributed by atoms with E-state index in [-0.39, 0.29) is 21.7 Å². The van der Waals surface area contributed by atoms with Gasteiger partial charge in [0, 0.05) is 34.7 Å². The summed E-state index contributed by atoms with van der Waals surface area (Å²) in [6.45, 7) is 30.2. The largest absolute Gasteiger partial charge is 0.507 e. The molecule has 0 heterocycles. The minimum absolute atomic E-state index is 0.166. The molecule has 0 aromatic heterocycles. The van der Waals surface area contributed by atoms with Crippen molar-refractivity contribution in [2.75, 3.05) is 0 Å². The number of aromatic hydroxyl groups is 2. The lowest BCUT2D eigenvalue weighted by atomic mass is 9.76. The second-order valence-corrected chi connectivity index (χ2v) is 18.0. The quantitative estimate of drug-likeness (QED) is 0.192. The van der Waals surface area contributed by atoms with Crippen LogP contribution in [0, 0.1) is 13.8 Å². The molecular weight excluding hydrogens is 613 g/mol. The molecule has 4 heteroatoms. The fraction of sp³-hybridized carbons (Fsp3) is 0.435. The maximum atomic E-state index is 11.6. The van der Waals surface area contributed by atoms with Crippen molar-refractivity contribution in [1.82, 2.24) is 0 Å². The highest BCUT2D eigenvalue weighted by molar-refractivity contribution is 5.90. The number of nitrogens with zero attached hydrogens (tertiary/aromatic N) is 2. The van der Waals surface area contributed by atoms with E-state index >= 15 is 0 Å². The Labute approximate surface area is 302 Å². The van der Waals surface area contributed by atoms with Gasteiger partial charge in [-0.3, -0.25) is 9.98 Å². The van der Waals surface area contributed by atoms with Crippen LogP contribution in [0.5, 0.6) is 11.5 Å². The van der Waals surface area contributed by atoms with Gasteiger partial charge in [0.2, 0.25) is 0 Å². The molecule has 0 saturated carbocycles. The lowest BCUT2D eigenvalue weighted by Crippen LogP contribution is -2.20. The van der Waals surface area contributed by atoms with Gasteiger partial charge in [-0.2, -0.15) is 0 Å². The zero-order valence-corrected chi connectivity index (χ0v) is 33.1. The van der Waals surface area contributed by atoms with Crippen LogP contribution >= 0.6 is 0 Å². The van der Waals surface area contributed by atoms with Crippen LogP contribution in [0.4, 0.5) is 11.4 Å². The molecule has 0 unspecified atom stereocenters. The molecule has 0 aliphatic rings. The third-order valence-corrected chi connectivity index (χ3v) is 9.50. The summed E-state index contributed by atoms with van der Waals surface area (Å²) in [4.78, 5) is 10.0. The van der Waals surface area contributed by atoms with E-state index in [4.69, 9.17) is 9.98 Å². The molecule has 4 aromatic carbocycles. The number of benzene rings is 4. The SMILES string of the molecule is Cc1cc(C(C)(C)C)c(O)c(C=Nc2ccccc2CCc2ccccc2N=Cc2c(O)c(C(C)(C)C)cc(C)c2C(C)(C)C)c1C(C)(C)C. The summed E-state index contributed by atoms with van der Waals surface area (Å²) in [6, 6.07) is 20.8. The molecule has 4 rings (SSSR count). The van der Waals surface area contributed by atoms with E-state index in [0.29, 0.717) is 11.5 Å². The van der Waals surface area contributed by atoms with Gasteiger partial charge in [0.25, 0.3) is 0 Å². The number of phenolic OH excluding ortho intramolecular Hbond substituents is 2. The molecule has 0 spiro atoms. The first-order chi connectivity index (χ1) is 23.0. The van der Waals surface area contributed by atoms with E-state index in [2.05, 4.69) is 133 Å². The fourth-order valence-corrected chi connectivity index (χ4v) is 7.29. The lowest BCUT2D eigenvalue weighted by molar-refractivity contribution is 0.441. The van der Waals surface area contributed by atoms with Gasteiger partial charge >= 0.3 is 0 Å². The summed E-state index contributed by atoms with van der Waals surface area (Å²) < 4.78 is 0. The van der Waals surface area contributed by atoms with Gasteiger partial charge in [0.05, 0.1) is 11.4 Å². The predicted octanol–water partition coefficient (Wildman–Crippen LogP) is 12.2. The molecule has 4 aromatic rings. The number of hydrogen-bond acceptors (Lipinski definition) is 4. The Hall–Kier alpha value is -4.18. The van der Waals surface area contributed by atoms with Crippen molar-refractivity contribution in [2.24, 2.45) is 9.98 Å². The van der Waals surface area contributed by atoms with E-state index in [9.17, 15) is 10.2 Å². The van der Waals surface area contributed by atoms with Gasteiger partial charge in [-0.15, -0.1) is 0 Å². The zero-order chi connectivity index (χ0) is 37.4. The van der Waals surface area contributed by atoms with E-state index in [1.54, 1.807) is 0 Å². The molecule has 0 atom stereocenters. The van der Waals surface area contributed by atoms with Crippen LogP contribution in [0.3, 0.4) is 0 Å². The highest BCUT2D eigenvalue weighted by Gasteiger charge is 2.29. The van der Waals surface area contributed by atoms with Crippen molar-refractivity contribution < 1.29 is 10.2 Å². The van der Waals surface area contributed by atoms with Gasteiger partial charge < -0.3 is 10.2 Å². The van der Waals surface area contributed by atoms with Crippen LogP contribution in [0.1, 0.15) is 139 Å². The van der Waals surface area contributed by atoms with E-state index in [1.807, 2.05) is 36.7 Å². The van der Waals surface area contributed by atoms with Gasteiger partial charge in [-0.05, 0) is 93.9 Å². The Bertz CT molecular complexity index is 1780. The highest BCUT2D eigenvalue weighted by Crippen LogP contribution is 2.42. The van der Waals surface area contributed by atoms with Crippen LogP contribution in [-0.4, -0.2) is 22.6 Å². The van der Waals surface area contributed by atoms with Crippen molar-refractivity contribution in [3.63, 3.8) is 0 Å². The zero-order valence-electron chi connectivity index (χ0n) is 33.1. The Balaban J connectivity index is 1.71. The molecule has 0 aliphatic carbocycles. The van der Waals surface area contributed by atoms with Crippen LogP contribution in [0.15, 0.2) is 70.6 Å². The first-order valence-electron chi connectivity index (χ1n) is 18.0. The van der Waals surface area contributed by atoms with Gasteiger partial charge in [0.15, 0.2) is 0 Å². The number of hydrogen-bond donors (Lipinski definition) is 2. The van der Waals surface area contributed by atoms with Crippen LogP contribution in [-0.2, 0) is 34.5 Å². The summed E-state index contributed by atoms with van der Waals surface area (Å²) in [7, 11) is 0. The van der Waals surface area contributed by atoms with E-state index in [0.717, 1.165) is 79.9 Å². The molecule has 4 nitrogen and oxygen atoms in total. The fourth-order valence-electron chi connectivity index (χ4n) is 7.29. The number of para-hydroxylation sites is 2. The smallest absolute Gasteiger partial charge is 0.128 e. The van der Waals surface area contributed by atoms with E-state index in [1.165, 1.54) is 0 Å². The monoisotopic (exact) mass is 672 g/mol. The van der Waals surface area contributed by atoms with Gasteiger partial charge in [0.1, 0.15) is 11.5 Å². The Morgan fingerprint density at radius 2 is 0.820 bits per heavy atom. The second-order valence-electron chi connectivity index (χ2n) is 18.0. The molecule has 0 radical (unpaired) electrons. The average molecular weight is 673 g/mol. The topological polar surface area (TPSA) is 65.2 Å². The van der Waals surface area contributed by atoms with Crippen LogP contribution < -0.4 is 0 Å². The van der Waals surface area contributed by atoms with Crippen LogP contribution in [0.2, 0.25) is 0 Å². The number of rotatable bonds is 7. The number of phenols is 2. The molecule has 0 bridgehead atoms. The number of aliphatic imine (C=N–C) groups is 2. The highest BCUT2D eigenvalue weighted by atomic mass is 16.3. The first kappa shape index (κ1) is 38.6. The van der Waals surface area contributed by atoms with E-state index < -0.39 is 0 Å². The van der Waals surface area contributed by atoms with Crippen molar-refractivity contribution in [3.05, 3.63) is 116 Å².